The van der Waals surface area contributed by atoms with E-state index in [4.69, 9.17) is 18.0 Å². The van der Waals surface area contributed by atoms with Crippen LogP contribution in [0, 0.1) is 0 Å². The number of hydrogen-bond acceptors (Lipinski definition) is 2. The van der Waals surface area contributed by atoms with Crippen LogP contribution in [0.25, 0.3) is 0 Å². The monoisotopic (exact) mass is 319 g/mol. The molecule has 0 aliphatic carbocycles. The number of nitrogens with two attached hydrogens (primary N) is 1. The van der Waals surface area contributed by atoms with Gasteiger partial charge in [-0.3, -0.25) is 0 Å². The number of urea groups is 1. The Morgan fingerprint density at radius 2 is 2.10 bits per heavy atom. The minimum absolute atomic E-state index is 0.0684. The molecule has 0 unspecified atom stereocenters. The number of rotatable bonds is 5. The number of anilines is 1. The Morgan fingerprint density at radius 3 is 2.62 bits per heavy atom. The van der Waals surface area contributed by atoms with Crippen LogP contribution in [0.5, 0.6) is 0 Å². The van der Waals surface area contributed by atoms with E-state index in [2.05, 4.69) is 5.32 Å². The second-order valence-corrected chi connectivity index (χ2v) is 4.92. The van der Waals surface area contributed by atoms with Gasteiger partial charge in [0.2, 0.25) is 0 Å². The first-order valence-electron chi connectivity index (χ1n) is 6.25. The number of amides is 2. The molecule has 0 saturated carbocycles. The summed E-state index contributed by atoms with van der Waals surface area (Å²) in [5, 5.41) is 2.42. The van der Waals surface area contributed by atoms with E-state index >= 15 is 0 Å². The third-order valence-corrected chi connectivity index (χ3v) is 2.70. The molecule has 116 valence electrons. The van der Waals surface area contributed by atoms with E-state index in [1.54, 1.807) is 0 Å². The fourth-order valence-corrected chi connectivity index (χ4v) is 1.84. The summed E-state index contributed by atoms with van der Waals surface area (Å²) in [6.45, 7) is 2.35. The molecule has 0 saturated heterocycles. The van der Waals surface area contributed by atoms with E-state index in [1.807, 2.05) is 6.92 Å². The number of thiocarbonyl (C=S) groups is 1. The summed E-state index contributed by atoms with van der Waals surface area (Å²) >= 11 is 4.75. The van der Waals surface area contributed by atoms with Crippen LogP contribution in [0.3, 0.4) is 0 Å². The lowest BCUT2D eigenvalue weighted by Gasteiger charge is -2.22. The molecule has 1 aromatic rings. The van der Waals surface area contributed by atoms with Gasteiger partial charge in [0.15, 0.2) is 0 Å². The van der Waals surface area contributed by atoms with Crippen LogP contribution < -0.4 is 11.1 Å². The number of benzene rings is 1. The fraction of sp³-hybridized carbons (Fsp3) is 0.385. The van der Waals surface area contributed by atoms with Crippen LogP contribution in [-0.2, 0) is 6.18 Å². The number of carbonyl (C=O) groups excluding carboxylic acids is 1. The highest BCUT2D eigenvalue weighted by Crippen LogP contribution is 2.30. The minimum Gasteiger partial charge on any atom is -0.392 e. The Labute approximate surface area is 126 Å². The highest BCUT2D eigenvalue weighted by molar-refractivity contribution is 7.80. The molecule has 2 amide bonds. The quantitative estimate of drug-likeness (QED) is 0.819. The predicted molar refractivity (Wildman–Crippen MR) is 79.1 cm³/mol. The molecule has 8 heteroatoms. The lowest BCUT2D eigenvalue weighted by molar-refractivity contribution is -0.137. The first kappa shape index (κ1) is 17.2. The first-order chi connectivity index (χ1) is 9.74. The molecule has 0 atom stereocenters. The van der Waals surface area contributed by atoms with Gasteiger partial charge in [-0.2, -0.15) is 13.2 Å². The number of hydrogen-bond donors (Lipinski definition) is 2. The third kappa shape index (κ3) is 5.58. The molecule has 0 spiro atoms. The molecule has 1 aromatic carbocycles. The van der Waals surface area contributed by atoms with Gasteiger partial charge in [0.05, 0.1) is 17.1 Å². The summed E-state index contributed by atoms with van der Waals surface area (Å²) in [4.78, 5) is 13.5. The van der Waals surface area contributed by atoms with E-state index in [1.165, 1.54) is 17.0 Å². The topological polar surface area (TPSA) is 58.4 Å². The molecular weight excluding hydrogens is 303 g/mol. The van der Waals surface area contributed by atoms with Crippen molar-refractivity contribution >= 4 is 28.9 Å². The number of alkyl halides is 3. The molecule has 0 aromatic heterocycles. The van der Waals surface area contributed by atoms with Gasteiger partial charge in [-0.25, -0.2) is 4.79 Å². The molecule has 0 aliphatic rings. The summed E-state index contributed by atoms with van der Waals surface area (Å²) in [6.07, 6.45) is -3.78. The average Bonchev–Trinajstić information content (AvgIpc) is 2.37. The van der Waals surface area contributed by atoms with Crippen LogP contribution >= 0.6 is 12.2 Å². The molecule has 3 N–H and O–H groups in total. The van der Waals surface area contributed by atoms with Crippen LogP contribution in [0.1, 0.15) is 18.9 Å². The number of carbonyl (C=O) groups is 1. The Balaban J connectivity index is 2.83. The molecule has 0 heterocycles. The van der Waals surface area contributed by atoms with Crippen LogP contribution in [0.2, 0.25) is 0 Å². The summed E-state index contributed by atoms with van der Waals surface area (Å²) in [5.74, 6) is 0. The summed E-state index contributed by atoms with van der Waals surface area (Å²) in [5.41, 5.74) is 4.64. The van der Waals surface area contributed by atoms with Gasteiger partial charge in [0, 0.05) is 12.2 Å². The first-order valence-corrected chi connectivity index (χ1v) is 6.66. The summed E-state index contributed by atoms with van der Waals surface area (Å²) < 4.78 is 37.8. The number of nitrogens with zero attached hydrogens (tertiary/aromatic N) is 1. The molecule has 0 radical (unpaired) electrons. The molecule has 0 bridgehead atoms. The summed E-state index contributed by atoms with van der Waals surface area (Å²) in [6, 6.07) is 3.90. The lowest BCUT2D eigenvalue weighted by atomic mass is 10.2. The molecule has 4 nitrogen and oxygen atoms in total. The maximum atomic E-state index is 12.6. The van der Waals surface area contributed by atoms with Gasteiger partial charge in [0.25, 0.3) is 0 Å². The van der Waals surface area contributed by atoms with Crippen molar-refractivity contribution in [3.63, 3.8) is 0 Å². The van der Waals surface area contributed by atoms with Crippen molar-refractivity contribution in [1.82, 2.24) is 4.90 Å². The van der Waals surface area contributed by atoms with Crippen molar-refractivity contribution in [2.75, 3.05) is 18.4 Å². The van der Waals surface area contributed by atoms with E-state index in [-0.39, 0.29) is 17.2 Å². The van der Waals surface area contributed by atoms with Crippen LogP contribution in [0.15, 0.2) is 24.3 Å². The zero-order valence-electron chi connectivity index (χ0n) is 11.4. The zero-order chi connectivity index (χ0) is 16.0. The average molecular weight is 319 g/mol. The Morgan fingerprint density at radius 1 is 1.43 bits per heavy atom. The van der Waals surface area contributed by atoms with Crippen molar-refractivity contribution in [3.05, 3.63) is 29.8 Å². The summed E-state index contributed by atoms with van der Waals surface area (Å²) in [7, 11) is 0. The predicted octanol–water partition coefficient (Wildman–Crippen LogP) is 3.24. The fourth-order valence-electron chi connectivity index (χ4n) is 1.69. The second kappa shape index (κ2) is 7.26. The third-order valence-electron chi connectivity index (χ3n) is 2.57. The highest BCUT2D eigenvalue weighted by Gasteiger charge is 2.30. The molecule has 1 rings (SSSR count). The Kier molecular flexibility index (Phi) is 5.95. The smallest absolute Gasteiger partial charge is 0.392 e. The van der Waals surface area contributed by atoms with Gasteiger partial charge >= 0.3 is 12.2 Å². The lowest BCUT2D eigenvalue weighted by Crippen LogP contribution is -2.40. The maximum absolute atomic E-state index is 12.6. The van der Waals surface area contributed by atoms with Gasteiger partial charge in [-0.1, -0.05) is 25.2 Å². The standard InChI is InChI=1S/C13H16F3N3OS/c1-2-6-19(8-11(17)21)12(20)18-10-5-3-4-9(7-10)13(14,15)16/h3-5,7H,2,6,8H2,1H3,(H2,17,21)(H,18,20). The normalized spacial score (nSPS) is 11.0. The number of nitrogens with one attached hydrogen (secondary N) is 1. The molecule has 21 heavy (non-hydrogen) atoms. The van der Waals surface area contributed by atoms with Gasteiger partial charge in [-0.05, 0) is 24.6 Å². The zero-order valence-corrected chi connectivity index (χ0v) is 12.2. The van der Waals surface area contributed by atoms with E-state index < -0.39 is 17.8 Å². The van der Waals surface area contributed by atoms with Crippen LogP contribution in [0.4, 0.5) is 23.7 Å². The highest BCUT2D eigenvalue weighted by atomic mass is 32.1. The second-order valence-electron chi connectivity index (χ2n) is 4.40. The van der Waals surface area contributed by atoms with Crippen molar-refractivity contribution in [1.29, 1.82) is 0 Å². The van der Waals surface area contributed by atoms with E-state index in [0.29, 0.717) is 13.0 Å². The van der Waals surface area contributed by atoms with Gasteiger partial charge in [0.1, 0.15) is 0 Å². The van der Waals surface area contributed by atoms with Crippen molar-refractivity contribution in [3.8, 4) is 0 Å². The SMILES string of the molecule is CCCN(CC(N)=S)C(=O)Nc1cccc(C(F)(F)F)c1. The molecule has 0 aliphatic heterocycles. The van der Waals surface area contributed by atoms with Crippen molar-refractivity contribution in [2.24, 2.45) is 5.73 Å². The van der Waals surface area contributed by atoms with E-state index in [0.717, 1.165) is 12.1 Å². The molecule has 0 fully saturated rings. The number of halogens is 3. The molecular formula is C13H16F3N3OS. The van der Waals surface area contributed by atoms with Crippen LogP contribution in [-0.4, -0.2) is 29.0 Å². The van der Waals surface area contributed by atoms with Crippen molar-refractivity contribution < 1.29 is 18.0 Å². The van der Waals surface area contributed by atoms with E-state index in [9.17, 15) is 18.0 Å². The minimum atomic E-state index is -4.46. The van der Waals surface area contributed by atoms with Gasteiger partial charge in [-0.15, -0.1) is 0 Å². The maximum Gasteiger partial charge on any atom is 0.416 e. The van der Waals surface area contributed by atoms with Crippen molar-refractivity contribution in [2.45, 2.75) is 19.5 Å². The Bertz CT molecular complexity index is 520. The van der Waals surface area contributed by atoms with Gasteiger partial charge < -0.3 is 16.0 Å². The Hall–Kier alpha value is -1.83. The largest absolute Gasteiger partial charge is 0.416 e.